The van der Waals surface area contributed by atoms with Crippen molar-refractivity contribution < 1.29 is 4.42 Å². The second-order valence-corrected chi connectivity index (χ2v) is 12.8. The summed E-state index contributed by atoms with van der Waals surface area (Å²) in [6, 6.07) is 61.1. The minimum absolute atomic E-state index is 0.603. The SMILES string of the molecule is c1ccc(-c2ccc3cc(-c4ccc5c(c4)cc(-c4nc(-c6ccccc6)nc(-c6ccccc6)n4)c4c6ccccc6oc54)ccc3c2)cc1. The fraction of sp³-hybridized carbons (Fsp3) is 0. The van der Waals surface area contributed by atoms with Gasteiger partial charge >= 0.3 is 0 Å². The number of para-hydroxylation sites is 1. The lowest BCUT2D eigenvalue weighted by molar-refractivity contribution is 0.672. The standard InChI is InChI=1S/C47H29N3O/c1-4-12-30(13-5-1)33-20-21-35-27-36(23-22-34(35)26-33)37-24-25-39-38(28-37)29-41(43-40-18-10-11-19-42(40)51-44(39)43)47-49-45(31-14-6-2-7-15-31)48-46(50-47)32-16-8-3-9-17-32/h1-29H. The van der Waals surface area contributed by atoms with Gasteiger partial charge in [0, 0.05) is 32.8 Å². The molecule has 0 aliphatic carbocycles. The maximum absolute atomic E-state index is 6.64. The molecule has 0 amide bonds. The minimum atomic E-state index is 0.603. The smallest absolute Gasteiger partial charge is 0.164 e. The van der Waals surface area contributed by atoms with Gasteiger partial charge in [0.25, 0.3) is 0 Å². The number of aromatic nitrogens is 3. The Balaban J connectivity index is 1.17. The molecule has 0 spiro atoms. The zero-order valence-electron chi connectivity index (χ0n) is 27.5. The predicted octanol–water partition coefficient (Wildman–Crippen LogP) is 12.4. The van der Waals surface area contributed by atoms with E-state index in [-0.39, 0.29) is 0 Å². The first-order valence-corrected chi connectivity index (χ1v) is 17.1. The van der Waals surface area contributed by atoms with Crippen molar-refractivity contribution in [3.8, 4) is 56.4 Å². The Hall–Kier alpha value is -6.91. The fourth-order valence-electron chi connectivity index (χ4n) is 7.14. The molecule has 2 heterocycles. The van der Waals surface area contributed by atoms with Crippen molar-refractivity contribution >= 4 is 43.5 Å². The second kappa shape index (κ2) is 11.9. The van der Waals surface area contributed by atoms with E-state index in [1.54, 1.807) is 0 Å². The monoisotopic (exact) mass is 651 g/mol. The largest absolute Gasteiger partial charge is 0.455 e. The van der Waals surface area contributed by atoms with Crippen molar-refractivity contribution in [2.75, 3.05) is 0 Å². The molecule has 0 atom stereocenters. The lowest BCUT2D eigenvalue weighted by Crippen LogP contribution is -2.00. The molecular formula is C47H29N3O. The third kappa shape index (κ3) is 5.13. The van der Waals surface area contributed by atoms with E-state index in [9.17, 15) is 0 Å². The molecular weight excluding hydrogens is 623 g/mol. The molecule has 10 rings (SSSR count). The van der Waals surface area contributed by atoms with Gasteiger partial charge in [0.2, 0.25) is 0 Å². The van der Waals surface area contributed by atoms with Gasteiger partial charge < -0.3 is 4.42 Å². The van der Waals surface area contributed by atoms with Gasteiger partial charge in [-0.3, -0.25) is 0 Å². The van der Waals surface area contributed by atoms with Crippen molar-refractivity contribution in [1.82, 2.24) is 15.0 Å². The summed E-state index contributed by atoms with van der Waals surface area (Å²) in [5.41, 5.74) is 9.14. The molecule has 4 heteroatoms. The highest BCUT2D eigenvalue weighted by atomic mass is 16.3. The molecule has 238 valence electrons. The number of fused-ring (bicyclic) bond motifs is 6. The van der Waals surface area contributed by atoms with Crippen LogP contribution >= 0.6 is 0 Å². The van der Waals surface area contributed by atoms with Crippen LogP contribution in [0.1, 0.15) is 0 Å². The van der Waals surface area contributed by atoms with E-state index < -0.39 is 0 Å². The maximum atomic E-state index is 6.64. The maximum Gasteiger partial charge on any atom is 0.164 e. The molecule has 2 aromatic heterocycles. The van der Waals surface area contributed by atoms with Crippen molar-refractivity contribution in [2.24, 2.45) is 0 Å². The van der Waals surface area contributed by atoms with Crippen LogP contribution in [-0.4, -0.2) is 15.0 Å². The zero-order chi connectivity index (χ0) is 33.7. The molecule has 8 aromatic carbocycles. The van der Waals surface area contributed by atoms with E-state index in [1.807, 2.05) is 72.8 Å². The topological polar surface area (TPSA) is 51.8 Å². The van der Waals surface area contributed by atoms with Crippen LogP contribution < -0.4 is 0 Å². The van der Waals surface area contributed by atoms with E-state index in [0.29, 0.717) is 17.5 Å². The number of rotatable bonds is 5. The Morgan fingerprint density at radius 1 is 0.333 bits per heavy atom. The summed E-state index contributed by atoms with van der Waals surface area (Å²) in [6.07, 6.45) is 0. The molecule has 4 nitrogen and oxygen atoms in total. The highest BCUT2D eigenvalue weighted by Gasteiger charge is 2.20. The first kappa shape index (κ1) is 29.0. The molecule has 10 aromatic rings. The van der Waals surface area contributed by atoms with Crippen LogP contribution in [0, 0.1) is 0 Å². The molecule has 0 radical (unpaired) electrons. The number of benzene rings is 8. The molecule has 0 bridgehead atoms. The van der Waals surface area contributed by atoms with Gasteiger partial charge in [-0.1, -0.05) is 140 Å². The lowest BCUT2D eigenvalue weighted by atomic mass is 9.94. The summed E-state index contributed by atoms with van der Waals surface area (Å²) in [4.78, 5) is 15.2. The minimum Gasteiger partial charge on any atom is -0.455 e. The Kier molecular flexibility index (Phi) is 6.78. The van der Waals surface area contributed by atoms with E-state index in [4.69, 9.17) is 19.4 Å². The molecule has 51 heavy (non-hydrogen) atoms. The Labute approximate surface area is 294 Å². The van der Waals surface area contributed by atoms with Gasteiger partial charge in [-0.2, -0.15) is 0 Å². The van der Waals surface area contributed by atoms with Crippen LogP contribution in [0.25, 0.3) is 99.9 Å². The molecule has 0 saturated heterocycles. The summed E-state index contributed by atoms with van der Waals surface area (Å²) in [7, 11) is 0. The molecule has 0 fully saturated rings. The van der Waals surface area contributed by atoms with E-state index in [0.717, 1.165) is 60.5 Å². The summed E-state index contributed by atoms with van der Waals surface area (Å²) in [6.45, 7) is 0. The van der Waals surface area contributed by atoms with Gasteiger partial charge in [-0.15, -0.1) is 0 Å². The molecule has 0 saturated carbocycles. The van der Waals surface area contributed by atoms with Crippen molar-refractivity contribution in [2.45, 2.75) is 0 Å². The summed E-state index contributed by atoms with van der Waals surface area (Å²) in [5.74, 6) is 1.85. The van der Waals surface area contributed by atoms with Gasteiger partial charge in [0.1, 0.15) is 11.2 Å². The normalized spacial score (nSPS) is 11.5. The van der Waals surface area contributed by atoms with Crippen LogP contribution in [0.3, 0.4) is 0 Å². The van der Waals surface area contributed by atoms with Gasteiger partial charge in [-0.25, -0.2) is 15.0 Å². The van der Waals surface area contributed by atoms with Crippen LogP contribution in [-0.2, 0) is 0 Å². The Bertz CT molecular complexity index is 2840. The molecule has 0 unspecified atom stereocenters. The van der Waals surface area contributed by atoms with Gasteiger partial charge in [-0.05, 0) is 74.8 Å². The lowest BCUT2D eigenvalue weighted by Gasteiger charge is -2.12. The Morgan fingerprint density at radius 2 is 0.824 bits per heavy atom. The first-order chi connectivity index (χ1) is 25.2. The second-order valence-electron chi connectivity index (χ2n) is 12.8. The Morgan fingerprint density at radius 3 is 1.45 bits per heavy atom. The van der Waals surface area contributed by atoms with Crippen LogP contribution in [0.4, 0.5) is 0 Å². The zero-order valence-corrected chi connectivity index (χ0v) is 27.5. The fourth-order valence-corrected chi connectivity index (χ4v) is 7.14. The average molecular weight is 652 g/mol. The van der Waals surface area contributed by atoms with E-state index in [1.165, 1.54) is 21.9 Å². The molecule has 0 aliphatic heterocycles. The van der Waals surface area contributed by atoms with Crippen LogP contribution in [0.5, 0.6) is 0 Å². The third-order valence-electron chi connectivity index (χ3n) is 9.68. The van der Waals surface area contributed by atoms with E-state index in [2.05, 4.69) is 103 Å². The van der Waals surface area contributed by atoms with Gasteiger partial charge in [0.15, 0.2) is 17.5 Å². The van der Waals surface area contributed by atoms with Gasteiger partial charge in [0.05, 0.1) is 0 Å². The van der Waals surface area contributed by atoms with Crippen LogP contribution in [0.2, 0.25) is 0 Å². The molecule has 0 aliphatic rings. The predicted molar refractivity (Wildman–Crippen MR) is 209 cm³/mol. The van der Waals surface area contributed by atoms with Crippen molar-refractivity contribution in [1.29, 1.82) is 0 Å². The number of nitrogens with zero attached hydrogens (tertiary/aromatic N) is 3. The number of hydrogen-bond donors (Lipinski definition) is 0. The first-order valence-electron chi connectivity index (χ1n) is 17.1. The summed E-state index contributed by atoms with van der Waals surface area (Å²) < 4.78 is 6.64. The van der Waals surface area contributed by atoms with Crippen molar-refractivity contribution in [3.63, 3.8) is 0 Å². The highest BCUT2D eigenvalue weighted by Crippen LogP contribution is 2.42. The van der Waals surface area contributed by atoms with Crippen molar-refractivity contribution in [3.05, 3.63) is 176 Å². The average Bonchev–Trinajstić information content (AvgIpc) is 3.61. The highest BCUT2D eigenvalue weighted by molar-refractivity contribution is 6.21. The summed E-state index contributed by atoms with van der Waals surface area (Å²) >= 11 is 0. The van der Waals surface area contributed by atoms with Crippen LogP contribution in [0.15, 0.2) is 180 Å². The number of hydrogen-bond acceptors (Lipinski definition) is 4. The number of furan rings is 1. The molecule has 0 N–H and O–H groups in total. The summed E-state index contributed by atoms with van der Waals surface area (Å²) in [5, 5.41) is 6.54. The quantitative estimate of drug-likeness (QED) is 0.186. The third-order valence-corrected chi connectivity index (χ3v) is 9.68. The van der Waals surface area contributed by atoms with E-state index >= 15 is 0 Å².